The fourth-order valence-electron chi connectivity index (χ4n) is 3.08. The molecule has 0 radical (unpaired) electrons. The minimum absolute atomic E-state index is 0.0648. The lowest BCUT2D eigenvalue weighted by Crippen LogP contribution is -2.48. The van der Waals surface area contributed by atoms with E-state index in [0.717, 1.165) is 25.7 Å². The van der Waals surface area contributed by atoms with E-state index in [1.807, 2.05) is 4.90 Å². The molecule has 2 rings (SSSR count). The van der Waals surface area contributed by atoms with Gasteiger partial charge in [-0.15, -0.1) is 0 Å². The highest BCUT2D eigenvalue weighted by Crippen LogP contribution is 2.22. The van der Waals surface area contributed by atoms with Crippen molar-refractivity contribution in [2.75, 3.05) is 13.1 Å². The number of rotatable bonds is 5. The first kappa shape index (κ1) is 19.1. The maximum atomic E-state index is 12.4. The van der Waals surface area contributed by atoms with Gasteiger partial charge in [-0.2, -0.15) is 0 Å². The molecule has 0 unspecified atom stereocenters. The van der Waals surface area contributed by atoms with Crippen LogP contribution in [0.15, 0.2) is 18.2 Å². The number of halogens is 2. The number of nitrogens with zero attached hydrogens (tertiary/aromatic N) is 1. The van der Waals surface area contributed by atoms with Crippen LogP contribution >= 0.6 is 23.2 Å². The Bertz CT molecular complexity index is 595. The Hall–Kier alpha value is -1.26. The molecule has 1 aliphatic rings. The lowest BCUT2D eigenvalue weighted by Gasteiger charge is -2.34. The van der Waals surface area contributed by atoms with Gasteiger partial charge in [0.05, 0.1) is 10.6 Å². The van der Waals surface area contributed by atoms with Crippen LogP contribution in [0.25, 0.3) is 0 Å². The second-order valence-corrected chi connectivity index (χ2v) is 7.05. The molecule has 0 saturated carbocycles. The zero-order valence-corrected chi connectivity index (χ0v) is 15.7. The third kappa shape index (κ3) is 4.64. The Morgan fingerprint density at radius 1 is 1.21 bits per heavy atom. The van der Waals surface area contributed by atoms with Gasteiger partial charge in [-0.25, -0.2) is 0 Å². The van der Waals surface area contributed by atoms with Gasteiger partial charge in [0.1, 0.15) is 0 Å². The quantitative estimate of drug-likeness (QED) is 0.845. The number of hydrogen-bond acceptors (Lipinski definition) is 2. The molecule has 132 valence electrons. The van der Waals surface area contributed by atoms with Crippen LogP contribution in [-0.2, 0) is 4.79 Å². The van der Waals surface area contributed by atoms with Crippen LogP contribution in [0.1, 0.15) is 49.9 Å². The van der Waals surface area contributed by atoms with E-state index in [4.69, 9.17) is 23.2 Å². The first-order chi connectivity index (χ1) is 11.5. The molecule has 1 fully saturated rings. The number of likely N-dealkylation sites (tertiary alicyclic amines) is 1. The minimum Gasteiger partial charge on any atom is -0.349 e. The lowest BCUT2D eigenvalue weighted by atomic mass is 9.98. The fourth-order valence-corrected chi connectivity index (χ4v) is 3.57. The summed E-state index contributed by atoms with van der Waals surface area (Å²) in [4.78, 5) is 26.7. The van der Waals surface area contributed by atoms with E-state index in [1.165, 1.54) is 0 Å². The van der Waals surface area contributed by atoms with Crippen LogP contribution in [0, 0.1) is 5.92 Å². The molecule has 2 amide bonds. The minimum atomic E-state index is -0.193. The SMILES string of the molecule is CCC(CC)C(=O)N1CCC(NC(=O)c2ccc(Cl)cc2Cl)CC1. The molecule has 0 atom stereocenters. The summed E-state index contributed by atoms with van der Waals surface area (Å²) >= 11 is 11.9. The highest BCUT2D eigenvalue weighted by atomic mass is 35.5. The second-order valence-electron chi connectivity index (χ2n) is 6.21. The highest BCUT2D eigenvalue weighted by Gasteiger charge is 2.27. The van der Waals surface area contributed by atoms with E-state index in [2.05, 4.69) is 19.2 Å². The van der Waals surface area contributed by atoms with E-state index in [9.17, 15) is 9.59 Å². The van der Waals surface area contributed by atoms with Crippen molar-refractivity contribution in [3.63, 3.8) is 0 Å². The molecular formula is C18H24Cl2N2O2. The highest BCUT2D eigenvalue weighted by molar-refractivity contribution is 6.36. The van der Waals surface area contributed by atoms with Gasteiger partial charge < -0.3 is 10.2 Å². The number of nitrogens with one attached hydrogen (secondary N) is 1. The van der Waals surface area contributed by atoms with E-state index in [1.54, 1.807) is 18.2 Å². The lowest BCUT2D eigenvalue weighted by molar-refractivity contribution is -0.136. The molecule has 1 aliphatic heterocycles. The summed E-state index contributed by atoms with van der Waals surface area (Å²) in [7, 11) is 0. The average Bonchev–Trinajstić information content (AvgIpc) is 2.56. The van der Waals surface area contributed by atoms with E-state index < -0.39 is 0 Å². The van der Waals surface area contributed by atoms with Crippen LogP contribution in [0.4, 0.5) is 0 Å². The van der Waals surface area contributed by atoms with Gasteiger partial charge in [0, 0.05) is 30.1 Å². The van der Waals surface area contributed by atoms with Gasteiger partial charge in [-0.3, -0.25) is 9.59 Å². The number of carbonyl (C=O) groups is 2. The maximum Gasteiger partial charge on any atom is 0.253 e. The number of piperidine rings is 1. The summed E-state index contributed by atoms with van der Waals surface area (Å²) < 4.78 is 0. The largest absolute Gasteiger partial charge is 0.349 e. The molecule has 4 nitrogen and oxygen atoms in total. The summed E-state index contributed by atoms with van der Waals surface area (Å²) in [5.74, 6) is 0.163. The van der Waals surface area contributed by atoms with Gasteiger partial charge >= 0.3 is 0 Å². The third-order valence-corrected chi connectivity index (χ3v) is 5.20. The van der Waals surface area contributed by atoms with Crippen molar-refractivity contribution in [2.24, 2.45) is 5.92 Å². The number of amides is 2. The summed E-state index contributed by atoms with van der Waals surface area (Å²) in [6, 6.07) is 4.91. The van der Waals surface area contributed by atoms with Crippen molar-refractivity contribution in [1.82, 2.24) is 10.2 Å². The average molecular weight is 371 g/mol. The van der Waals surface area contributed by atoms with Crippen molar-refractivity contribution < 1.29 is 9.59 Å². The summed E-state index contributed by atoms with van der Waals surface area (Å²) in [5.41, 5.74) is 0.427. The Kier molecular flexibility index (Phi) is 6.93. The van der Waals surface area contributed by atoms with Crippen LogP contribution < -0.4 is 5.32 Å². The molecule has 6 heteroatoms. The maximum absolute atomic E-state index is 12.4. The Balaban J connectivity index is 1.89. The van der Waals surface area contributed by atoms with E-state index in [0.29, 0.717) is 28.7 Å². The van der Waals surface area contributed by atoms with Gasteiger partial charge in [-0.1, -0.05) is 37.0 Å². The molecule has 0 aromatic heterocycles. The van der Waals surface area contributed by atoms with Gasteiger partial charge in [-0.05, 0) is 43.9 Å². The Morgan fingerprint density at radius 3 is 2.38 bits per heavy atom. The van der Waals surface area contributed by atoms with Crippen LogP contribution in [0.2, 0.25) is 10.0 Å². The normalized spacial score (nSPS) is 15.6. The molecule has 1 heterocycles. The summed E-state index contributed by atoms with van der Waals surface area (Å²) in [6.45, 7) is 5.48. The molecule has 1 N–H and O–H groups in total. The Labute approximate surface area is 153 Å². The number of benzene rings is 1. The van der Waals surface area contributed by atoms with Crippen molar-refractivity contribution in [3.05, 3.63) is 33.8 Å². The van der Waals surface area contributed by atoms with Crippen molar-refractivity contribution in [3.8, 4) is 0 Å². The van der Waals surface area contributed by atoms with Crippen LogP contribution in [-0.4, -0.2) is 35.8 Å². The summed E-state index contributed by atoms with van der Waals surface area (Å²) in [5, 5.41) is 3.86. The third-order valence-electron chi connectivity index (χ3n) is 4.65. The van der Waals surface area contributed by atoms with Crippen molar-refractivity contribution in [2.45, 2.75) is 45.6 Å². The van der Waals surface area contributed by atoms with E-state index >= 15 is 0 Å². The molecule has 0 bridgehead atoms. The van der Waals surface area contributed by atoms with E-state index in [-0.39, 0.29) is 23.8 Å². The smallest absolute Gasteiger partial charge is 0.253 e. The van der Waals surface area contributed by atoms with Crippen LogP contribution in [0.5, 0.6) is 0 Å². The zero-order valence-electron chi connectivity index (χ0n) is 14.1. The number of carbonyl (C=O) groups excluding carboxylic acids is 2. The van der Waals surface area contributed by atoms with Crippen LogP contribution in [0.3, 0.4) is 0 Å². The molecule has 24 heavy (non-hydrogen) atoms. The summed E-state index contributed by atoms with van der Waals surface area (Å²) in [6.07, 6.45) is 3.29. The predicted octanol–water partition coefficient (Wildman–Crippen LogP) is 4.15. The molecule has 0 spiro atoms. The standard InChI is InChI=1S/C18H24Cl2N2O2/c1-3-12(4-2)18(24)22-9-7-14(8-10-22)21-17(23)15-6-5-13(19)11-16(15)20/h5-6,11-12,14H,3-4,7-10H2,1-2H3,(H,21,23). The van der Waals surface area contributed by atoms with Gasteiger partial charge in [0.25, 0.3) is 5.91 Å². The van der Waals surface area contributed by atoms with Gasteiger partial charge in [0.15, 0.2) is 0 Å². The molecule has 1 aromatic rings. The monoisotopic (exact) mass is 370 g/mol. The molecular weight excluding hydrogens is 347 g/mol. The fraction of sp³-hybridized carbons (Fsp3) is 0.556. The number of hydrogen-bond donors (Lipinski definition) is 1. The zero-order chi connectivity index (χ0) is 17.7. The molecule has 1 aromatic carbocycles. The van der Waals surface area contributed by atoms with Gasteiger partial charge in [0.2, 0.25) is 5.91 Å². The molecule has 1 saturated heterocycles. The topological polar surface area (TPSA) is 49.4 Å². The Morgan fingerprint density at radius 2 is 1.83 bits per heavy atom. The first-order valence-electron chi connectivity index (χ1n) is 8.50. The second kappa shape index (κ2) is 8.72. The van der Waals surface area contributed by atoms with Crippen molar-refractivity contribution >= 4 is 35.0 Å². The first-order valence-corrected chi connectivity index (χ1v) is 9.26. The molecule has 0 aliphatic carbocycles. The van der Waals surface area contributed by atoms with Crippen molar-refractivity contribution in [1.29, 1.82) is 0 Å². The predicted molar refractivity (Wildman–Crippen MR) is 97.6 cm³/mol.